The van der Waals surface area contributed by atoms with Crippen molar-refractivity contribution in [3.63, 3.8) is 0 Å². The van der Waals surface area contributed by atoms with E-state index in [9.17, 15) is 4.79 Å². The third-order valence-electron chi connectivity index (χ3n) is 3.04. The molecule has 1 heterocycles. The maximum absolute atomic E-state index is 10.9. The van der Waals surface area contributed by atoms with Gasteiger partial charge in [0.1, 0.15) is 0 Å². The summed E-state index contributed by atoms with van der Waals surface area (Å²) in [4.78, 5) is 15.4. The molecule has 0 saturated carbocycles. The molecular weight excluding hydrogens is 270 g/mol. The van der Waals surface area contributed by atoms with Crippen molar-refractivity contribution in [2.75, 3.05) is 0 Å². The minimum atomic E-state index is -0.886. The molecule has 0 saturated heterocycles. The second kappa shape index (κ2) is 6.09. The smallest absolute Gasteiger partial charge is 0.335 e. The van der Waals surface area contributed by atoms with Crippen LogP contribution in [-0.4, -0.2) is 16.1 Å². The van der Waals surface area contributed by atoms with Gasteiger partial charge in [0.15, 0.2) is 0 Å². The maximum atomic E-state index is 10.9. The topological polar surface area (TPSA) is 50.2 Å². The predicted octanol–water partition coefficient (Wildman–Crippen LogP) is 4.00. The molecule has 1 aromatic carbocycles. The summed E-state index contributed by atoms with van der Waals surface area (Å²) in [5.74, 6) is -0.0926. The summed E-state index contributed by atoms with van der Waals surface area (Å²) in [6.45, 7) is 5.99. The van der Waals surface area contributed by atoms with E-state index in [2.05, 4.69) is 24.0 Å². The number of thioether (sulfide) groups is 1. The number of aromatic carboxylic acids is 1. The molecule has 4 heteroatoms. The van der Waals surface area contributed by atoms with Crippen LogP contribution in [0.2, 0.25) is 0 Å². The van der Waals surface area contributed by atoms with Gasteiger partial charge >= 0.3 is 5.97 Å². The molecule has 0 aliphatic rings. The number of carboxylic acids is 1. The largest absolute Gasteiger partial charge is 0.478 e. The number of rotatable bonds is 4. The molecule has 0 amide bonds. The fourth-order valence-electron chi connectivity index (χ4n) is 2.02. The molecule has 104 valence electrons. The van der Waals surface area contributed by atoms with Crippen molar-refractivity contribution in [1.82, 2.24) is 4.98 Å². The van der Waals surface area contributed by atoms with Crippen LogP contribution in [0, 0.1) is 20.8 Å². The standard InChI is InChI=1S/C16H17NO2S/c1-10-6-12(3)17-15(7-10)20-9-14-5-4-13(16(18)19)8-11(14)2/h4-8H,9H2,1-3H3,(H,18,19). The Hall–Kier alpha value is -1.81. The first-order chi connectivity index (χ1) is 9.45. The average Bonchev–Trinajstić information content (AvgIpc) is 2.36. The highest BCUT2D eigenvalue weighted by molar-refractivity contribution is 7.98. The van der Waals surface area contributed by atoms with Crippen molar-refractivity contribution < 1.29 is 9.90 Å². The highest BCUT2D eigenvalue weighted by atomic mass is 32.2. The van der Waals surface area contributed by atoms with Gasteiger partial charge < -0.3 is 5.11 Å². The van der Waals surface area contributed by atoms with Crippen LogP contribution in [0.25, 0.3) is 0 Å². The van der Waals surface area contributed by atoms with Gasteiger partial charge in [0.25, 0.3) is 0 Å². The van der Waals surface area contributed by atoms with Crippen LogP contribution in [0.4, 0.5) is 0 Å². The van der Waals surface area contributed by atoms with Crippen LogP contribution < -0.4 is 0 Å². The Bertz CT molecular complexity index is 633. The van der Waals surface area contributed by atoms with Crippen LogP contribution in [0.15, 0.2) is 35.4 Å². The normalized spacial score (nSPS) is 10.6. The zero-order chi connectivity index (χ0) is 14.7. The lowest BCUT2D eigenvalue weighted by atomic mass is 10.1. The zero-order valence-electron chi connectivity index (χ0n) is 11.8. The number of aryl methyl sites for hydroxylation is 3. The molecule has 1 aromatic heterocycles. The highest BCUT2D eigenvalue weighted by Crippen LogP contribution is 2.24. The Morgan fingerprint density at radius 2 is 1.95 bits per heavy atom. The molecule has 0 bridgehead atoms. The second-order valence-electron chi connectivity index (χ2n) is 4.86. The monoisotopic (exact) mass is 287 g/mol. The minimum Gasteiger partial charge on any atom is -0.478 e. The van der Waals surface area contributed by atoms with Crippen molar-refractivity contribution >= 4 is 17.7 Å². The Morgan fingerprint density at radius 1 is 1.20 bits per heavy atom. The van der Waals surface area contributed by atoms with E-state index in [1.807, 2.05) is 19.9 Å². The van der Waals surface area contributed by atoms with Crippen molar-refractivity contribution in [2.45, 2.75) is 31.6 Å². The molecule has 0 fully saturated rings. The van der Waals surface area contributed by atoms with E-state index in [0.717, 1.165) is 27.6 Å². The lowest BCUT2D eigenvalue weighted by molar-refractivity contribution is 0.0697. The third kappa shape index (κ3) is 3.61. The Morgan fingerprint density at radius 3 is 2.55 bits per heavy atom. The predicted molar refractivity (Wildman–Crippen MR) is 81.4 cm³/mol. The van der Waals surface area contributed by atoms with Gasteiger partial charge in [-0.3, -0.25) is 0 Å². The van der Waals surface area contributed by atoms with Gasteiger partial charge in [-0.15, -0.1) is 11.8 Å². The van der Waals surface area contributed by atoms with Crippen LogP contribution in [0.5, 0.6) is 0 Å². The summed E-state index contributed by atoms with van der Waals surface area (Å²) in [5, 5.41) is 9.96. The molecule has 0 aliphatic heterocycles. The summed E-state index contributed by atoms with van der Waals surface area (Å²) >= 11 is 1.67. The van der Waals surface area contributed by atoms with Gasteiger partial charge in [0, 0.05) is 11.4 Å². The summed E-state index contributed by atoms with van der Waals surface area (Å²) in [6.07, 6.45) is 0. The molecule has 2 rings (SSSR count). The Kier molecular flexibility index (Phi) is 4.45. The summed E-state index contributed by atoms with van der Waals surface area (Å²) in [6, 6.07) is 9.37. The van der Waals surface area contributed by atoms with Gasteiger partial charge in [-0.2, -0.15) is 0 Å². The maximum Gasteiger partial charge on any atom is 0.335 e. The van der Waals surface area contributed by atoms with Gasteiger partial charge in [-0.25, -0.2) is 9.78 Å². The first-order valence-corrected chi connectivity index (χ1v) is 7.35. The van der Waals surface area contributed by atoms with E-state index < -0.39 is 5.97 Å². The fraction of sp³-hybridized carbons (Fsp3) is 0.250. The van der Waals surface area contributed by atoms with Gasteiger partial charge in [0.05, 0.1) is 10.6 Å². The van der Waals surface area contributed by atoms with Gasteiger partial charge in [-0.1, -0.05) is 6.07 Å². The number of hydrogen-bond acceptors (Lipinski definition) is 3. The lowest BCUT2D eigenvalue weighted by Gasteiger charge is -2.07. The first-order valence-electron chi connectivity index (χ1n) is 6.36. The molecule has 0 atom stereocenters. The first kappa shape index (κ1) is 14.6. The van der Waals surface area contributed by atoms with Crippen molar-refractivity contribution in [3.05, 3.63) is 58.3 Å². The van der Waals surface area contributed by atoms with E-state index in [-0.39, 0.29) is 0 Å². The van der Waals surface area contributed by atoms with E-state index >= 15 is 0 Å². The van der Waals surface area contributed by atoms with Crippen LogP contribution >= 0.6 is 11.8 Å². The number of carboxylic acid groups (broad SMARTS) is 1. The van der Waals surface area contributed by atoms with Crippen molar-refractivity contribution in [1.29, 1.82) is 0 Å². The molecule has 0 aliphatic carbocycles. The number of aromatic nitrogens is 1. The van der Waals surface area contributed by atoms with Crippen LogP contribution in [-0.2, 0) is 5.75 Å². The minimum absolute atomic E-state index is 0.334. The molecule has 2 aromatic rings. The highest BCUT2D eigenvalue weighted by Gasteiger charge is 2.07. The number of nitrogens with zero attached hydrogens (tertiary/aromatic N) is 1. The molecule has 0 radical (unpaired) electrons. The molecule has 1 N–H and O–H groups in total. The molecule has 3 nitrogen and oxygen atoms in total. The Balaban J connectivity index is 2.12. The number of pyridine rings is 1. The number of hydrogen-bond donors (Lipinski definition) is 1. The Labute approximate surface area is 123 Å². The van der Waals surface area contributed by atoms with E-state index in [1.165, 1.54) is 5.56 Å². The summed E-state index contributed by atoms with van der Waals surface area (Å²) in [5.41, 5.74) is 4.70. The van der Waals surface area contributed by atoms with Crippen LogP contribution in [0.1, 0.15) is 32.7 Å². The second-order valence-corrected chi connectivity index (χ2v) is 5.85. The van der Waals surface area contributed by atoms with Crippen LogP contribution in [0.3, 0.4) is 0 Å². The quantitative estimate of drug-likeness (QED) is 0.864. The molecular formula is C16H17NO2S. The number of carbonyl (C=O) groups is 1. The van der Waals surface area contributed by atoms with Gasteiger partial charge in [0.2, 0.25) is 0 Å². The van der Waals surface area contributed by atoms with E-state index in [0.29, 0.717) is 5.56 Å². The number of benzene rings is 1. The van der Waals surface area contributed by atoms with E-state index in [1.54, 1.807) is 23.9 Å². The average molecular weight is 287 g/mol. The lowest BCUT2D eigenvalue weighted by Crippen LogP contribution is -1.98. The zero-order valence-corrected chi connectivity index (χ0v) is 12.6. The molecule has 20 heavy (non-hydrogen) atoms. The van der Waals surface area contributed by atoms with Gasteiger partial charge in [-0.05, 0) is 61.7 Å². The van der Waals surface area contributed by atoms with Crippen molar-refractivity contribution in [2.24, 2.45) is 0 Å². The SMILES string of the molecule is Cc1cc(C)nc(SCc2ccc(C(=O)O)cc2C)c1. The molecule has 0 unspecified atom stereocenters. The molecule has 0 spiro atoms. The summed E-state index contributed by atoms with van der Waals surface area (Å²) < 4.78 is 0. The third-order valence-corrected chi connectivity index (χ3v) is 4.00. The van der Waals surface area contributed by atoms with Crippen molar-refractivity contribution in [3.8, 4) is 0 Å². The fourth-order valence-corrected chi connectivity index (χ4v) is 3.13. The van der Waals surface area contributed by atoms with E-state index in [4.69, 9.17) is 5.11 Å². The summed E-state index contributed by atoms with van der Waals surface area (Å²) in [7, 11) is 0.